The molecule has 1 aliphatic heterocycles. The van der Waals surface area contributed by atoms with Crippen molar-refractivity contribution in [3.8, 4) is 11.5 Å². The van der Waals surface area contributed by atoms with Gasteiger partial charge in [-0.1, -0.05) is 17.2 Å². The Bertz CT molecular complexity index is 867. The second-order valence-corrected chi connectivity index (χ2v) is 7.56. The fourth-order valence-corrected chi connectivity index (χ4v) is 3.78. The quantitative estimate of drug-likeness (QED) is 0.834. The number of nitrogens with one attached hydrogen (secondary N) is 1. The minimum Gasteiger partial charge on any atom is -0.497 e. The Hall–Kier alpha value is -3.02. The Labute approximate surface area is 171 Å². The Balaban J connectivity index is 1.70. The van der Waals surface area contributed by atoms with Gasteiger partial charge in [0.25, 0.3) is 5.91 Å². The minimum atomic E-state index is -0.254. The number of aryl methyl sites for hydroxylation is 2. The molecule has 154 valence electrons. The molecule has 29 heavy (non-hydrogen) atoms. The number of piperidine rings is 1. The van der Waals surface area contributed by atoms with Crippen LogP contribution in [-0.4, -0.2) is 44.0 Å². The number of anilines is 1. The molecule has 1 aliphatic rings. The largest absolute Gasteiger partial charge is 0.497 e. The van der Waals surface area contributed by atoms with E-state index < -0.39 is 0 Å². The van der Waals surface area contributed by atoms with Crippen LogP contribution in [0.4, 0.5) is 5.69 Å². The second-order valence-electron chi connectivity index (χ2n) is 7.56. The summed E-state index contributed by atoms with van der Waals surface area (Å²) >= 11 is 0. The fourth-order valence-electron chi connectivity index (χ4n) is 3.78. The molecule has 1 fully saturated rings. The van der Waals surface area contributed by atoms with E-state index in [1.807, 2.05) is 32.0 Å². The first kappa shape index (κ1) is 20.7. The first-order valence-electron chi connectivity index (χ1n) is 9.81. The van der Waals surface area contributed by atoms with Crippen molar-refractivity contribution in [1.82, 2.24) is 4.90 Å². The number of benzene rings is 2. The predicted octanol–water partition coefficient (Wildman–Crippen LogP) is 3.81. The number of methoxy groups -OCH3 is 2. The topological polar surface area (TPSA) is 67.9 Å². The molecule has 2 aromatic carbocycles. The number of nitrogens with zero attached hydrogens (tertiary/aromatic N) is 1. The van der Waals surface area contributed by atoms with Gasteiger partial charge in [-0.3, -0.25) is 9.59 Å². The van der Waals surface area contributed by atoms with Crippen molar-refractivity contribution in [3.05, 3.63) is 53.1 Å². The van der Waals surface area contributed by atoms with Gasteiger partial charge >= 0.3 is 0 Å². The van der Waals surface area contributed by atoms with Crippen molar-refractivity contribution in [3.63, 3.8) is 0 Å². The van der Waals surface area contributed by atoms with Crippen LogP contribution < -0.4 is 14.8 Å². The van der Waals surface area contributed by atoms with Gasteiger partial charge in [0.2, 0.25) is 5.91 Å². The van der Waals surface area contributed by atoms with E-state index in [0.29, 0.717) is 35.8 Å². The van der Waals surface area contributed by atoms with Crippen LogP contribution in [0.1, 0.15) is 34.3 Å². The molecular weight excluding hydrogens is 368 g/mol. The Morgan fingerprint density at radius 1 is 0.966 bits per heavy atom. The number of likely N-dealkylation sites (tertiary alicyclic amines) is 1. The SMILES string of the molecule is COc1cc(NC(=O)C2CCCN(C(=O)c3cc(C)cc(C)c3)C2)cc(OC)c1. The van der Waals surface area contributed by atoms with Crippen LogP contribution in [0, 0.1) is 19.8 Å². The fraction of sp³-hybridized carbons (Fsp3) is 0.391. The zero-order chi connectivity index (χ0) is 21.0. The van der Waals surface area contributed by atoms with Gasteiger partial charge in [-0.15, -0.1) is 0 Å². The minimum absolute atomic E-state index is 0.0163. The molecule has 0 aromatic heterocycles. The maximum Gasteiger partial charge on any atom is 0.253 e. The summed E-state index contributed by atoms with van der Waals surface area (Å²) in [6.45, 7) is 5.05. The monoisotopic (exact) mass is 396 g/mol. The molecule has 0 aliphatic carbocycles. The smallest absolute Gasteiger partial charge is 0.253 e. The summed E-state index contributed by atoms with van der Waals surface area (Å²) in [5.74, 6) is 0.844. The number of carbonyl (C=O) groups excluding carboxylic acids is 2. The summed E-state index contributed by atoms with van der Waals surface area (Å²) < 4.78 is 10.5. The third-order valence-electron chi connectivity index (χ3n) is 5.17. The third kappa shape index (κ3) is 5.08. The molecule has 1 atom stereocenters. The highest BCUT2D eigenvalue weighted by Gasteiger charge is 2.29. The number of amides is 2. The predicted molar refractivity (Wildman–Crippen MR) is 113 cm³/mol. The van der Waals surface area contributed by atoms with Crippen molar-refractivity contribution < 1.29 is 19.1 Å². The van der Waals surface area contributed by atoms with Gasteiger partial charge in [0.15, 0.2) is 0 Å². The van der Waals surface area contributed by atoms with Gasteiger partial charge < -0.3 is 19.7 Å². The molecule has 1 saturated heterocycles. The summed E-state index contributed by atoms with van der Waals surface area (Å²) in [6.07, 6.45) is 1.56. The molecule has 6 heteroatoms. The van der Waals surface area contributed by atoms with Crippen molar-refractivity contribution in [2.45, 2.75) is 26.7 Å². The molecular formula is C23H28N2O4. The summed E-state index contributed by atoms with van der Waals surface area (Å²) in [5.41, 5.74) is 3.42. The lowest BCUT2D eigenvalue weighted by Crippen LogP contribution is -2.43. The molecule has 1 unspecified atom stereocenters. The van der Waals surface area contributed by atoms with Gasteiger partial charge in [-0.25, -0.2) is 0 Å². The van der Waals surface area contributed by atoms with Gasteiger partial charge in [0.05, 0.1) is 20.1 Å². The molecule has 2 aromatic rings. The maximum atomic E-state index is 13.0. The molecule has 0 bridgehead atoms. The highest BCUT2D eigenvalue weighted by atomic mass is 16.5. The standard InChI is InChI=1S/C23H28N2O4/c1-15-8-16(2)10-18(9-15)23(27)25-7-5-6-17(14-25)22(26)24-19-11-20(28-3)13-21(12-19)29-4/h8-13,17H,5-7,14H2,1-4H3,(H,24,26). The molecule has 0 saturated carbocycles. The van der Waals surface area contributed by atoms with Gasteiger partial charge in [-0.05, 0) is 38.8 Å². The van der Waals surface area contributed by atoms with E-state index in [9.17, 15) is 9.59 Å². The van der Waals surface area contributed by atoms with E-state index in [2.05, 4.69) is 5.32 Å². The average molecular weight is 396 g/mol. The Morgan fingerprint density at radius 2 is 1.59 bits per heavy atom. The van der Waals surface area contributed by atoms with Gasteiger partial charge in [-0.2, -0.15) is 0 Å². The lowest BCUT2D eigenvalue weighted by Gasteiger charge is -2.32. The van der Waals surface area contributed by atoms with Gasteiger partial charge in [0.1, 0.15) is 11.5 Å². The molecule has 3 rings (SSSR count). The van der Waals surface area contributed by atoms with Crippen molar-refractivity contribution in [2.24, 2.45) is 5.92 Å². The Morgan fingerprint density at radius 3 is 2.17 bits per heavy atom. The number of hydrogen-bond donors (Lipinski definition) is 1. The van der Waals surface area contributed by atoms with E-state index in [4.69, 9.17) is 9.47 Å². The number of ether oxygens (including phenoxy) is 2. The molecule has 0 spiro atoms. The molecule has 6 nitrogen and oxygen atoms in total. The Kier molecular flexibility index (Phi) is 6.42. The summed E-state index contributed by atoms with van der Waals surface area (Å²) in [5, 5.41) is 2.94. The zero-order valence-electron chi connectivity index (χ0n) is 17.5. The van der Waals surface area contributed by atoms with E-state index in [-0.39, 0.29) is 17.7 Å². The van der Waals surface area contributed by atoms with Crippen molar-refractivity contribution in [2.75, 3.05) is 32.6 Å². The van der Waals surface area contributed by atoms with Gasteiger partial charge in [0, 0.05) is 42.5 Å². The summed E-state index contributed by atoms with van der Waals surface area (Å²) in [6, 6.07) is 11.1. The second kappa shape index (κ2) is 8.99. The van der Waals surface area contributed by atoms with Crippen molar-refractivity contribution in [1.29, 1.82) is 0 Å². The lowest BCUT2D eigenvalue weighted by atomic mass is 9.96. The summed E-state index contributed by atoms with van der Waals surface area (Å²) in [7, 11) is 3.13. The van der Waals surface area contributed by atoms with E-state index in [1.54, 1.807) is 37.3 Å². The zero-order valence-corrected chi connectivity index (χ0v) is 17.5. The van der Waals surface area contributed by atoms with Crippen molar-refractivity contribution >= 4 is 17.5 Å². The lowest BCUT2D eigenvalue weighted by molar-refractivity contribution is -0.121. The number of carbonyl (C=O) groups is 2. The van der Waals surface area contributed by atoms with Crippen LogP contribution in [0.2, 0.25) is 0 Å². The van der Waals surface area contributed by atoms with Crippen LogP contribution >= 0.6 is 0 Å². The first-order valence-corrected chi connectivity index (χ1v) is 9.81. The summed E-state index contributed by atoms with van der Waals surface area (Å²) in [4.78, 5) is 27.6. The normalized spacial score (nSPS) is 16.3. The number of rotatable bonds is 5. The highest BCUT2D eigenvalue weighted by Crippen LogP contribution is 2.27. The molecule has 1 heterocycles. The van der Waals surface area contributed by atoms with E-state index in [1.165, 1.54) is 0 Å². The van der Waals surface area contributed by atoms with Crippen LogP contribution in [0.15, 0.2) is 36.4 Å². The van der Waals surface area contributed by atoms with E-state index >= 15 is 0 Å². The molecule has 1 N–H and O–H groups in total. The molecule has 0 radical (unpaired) electrons. The highest BCUT2D eigenvalue weighted by molar-refractivity contribution is 5.96. The third-order valence-corrected chi connectivity index (χ3v) is 5.17. The van der Waals surface area contributed by atoms with E-state index in [0.717, 1.165) is 24.0 Å². The average Bonchev–Trinajstić information content (AvgIpc) is 2.72. The first-order chi connectivity index (χ1) is 13.9. The van der Waals surface area contributed by atoms with Crippen LogP contribution in [0.5, 0.6) is 11.5 Å². The number of hydrogen-bond acceptors (Lipinski definition) is 4. The van der Waals surface area contributed by atoms with Crippen LogP contribution in [0.25, 0.3) is 0 Å². The van der Waals surface area contributed by atoms with Crippen LogP contribution in [-0.2, 0) is 4.79 Å². The molecule has 2 amide bonds. The maximum absolute atomic E-state index is 13.0. The van der Waals surface area contributed by atoms with Crippen LogP contribution in [0.3, 0.4) is 0 Å².